The van der Waals surface area contributed by atoms with Crippen LogP contribution in [0.5, 0.6) is 0 Å². The maximum atomic E-state index is 3.97. The minimum absolute atomic E-state index is 0.336. The molecule has 1 aromatic rings. The van der Waals surface area contributed by atoms with Crippen LogP contribution in [0.3, 0.4) is 0 Å². The lowest BCUT2D eigenvalue weighted by atomic mass is 9.57. The molecule has 0 nitrogen and oxygen atoms in total. The van der Waals surface area contributed by atoms with Crippen LogP contribution in [0.2, 0.25) is 0 Å². The van der Waals surface area contributed by atoms with Crippen LogP contribution in [0.25, 0.3) is 0 Å². The summed E-state index contributed by atoms with van der Waals surface area (Å²) >= 11 is 7.79. The van der Waals surface area contributed by atoms with Gasteiger partial charge in [-0.15, -0.1) is 0 Å². The second-order valence-corrected chi connectivity index (χ2v) is 11.4. The van der Waals surface area contributed by atoms with Crippen molar-refractivity contribution >= 4 is 31.9 Å². The molecule has 2 heteroatoms. The first-order valence-electron chi connectivity index (χ1n) is 10.7. The molecule has 140 valence electrons. The predicted octanol–water partition coefficient (Wildman–Crippen LogP) is 7.45. The fraction of sp³-hybridized carbons (Fsp3) is 0.520. The smallest absolute Gasteiger partial charge is 0.0328 e. The van der Waals surface area contributed by atoms with Gasteiger partial charge >= 0.3 is 0 Å². The topological polar surface area (TPSA) is 0 Å². The second-order valence-electron chi connectivity index (χ2n) is 9.26. The molecule has 1 spiro atoms. The maximum Gasteiger partial charge on any atom is 0.0328 e. The Balaban J connectivity index is 1.65. The van der Waals surface area contributed by atoms with E-state index in [4.69, 9.17) is 0 Å². The Morgan fingerprint density at radius 3 is 2.81 bits per heavy atom. The van der Waals surface area contributed by atoms with Crippen LogP contribution in [0.4, 0.5) is 0 Å². The van der Waals surface area contributed by atoms with E-state index in [-0.39, 0.29) is 0 Å². The number of allylic oxidation sites excluding steroid dienone is 6. The zero-order valence-corrected chi connectivity index (χ0v) is 18.8. The monoisotopic (exact) mass is 484 g/mol. The summed E-state index contributed by atoms with van der Waals surface area (Å²) in [6.07, 6.45) is 20.6. The van der Waals surface area contributed by atoms with Gasteiger partial charge in [-0.2, -0.15) is 0 Å². The fourth-order valence-corrected chi connectivity index (χ4v) is 8.66. The van der Waals surface area contributed by atoms with Gasteiger partial charge in [0.1, 0.15) is 0 Å². The summed E-state index contributed by atoms with van der Waals surface area (Å²) in [4.78, 5) is 0.530. The van der Waals surface area contributed by atoms with Crippen molar-refractivity contribution in [2.75, 3.05) is 0 Å². The molecule has 0 saturated heterocycles. The first-order chi connectivity index (χ1) is 13.2. The van der Waals surface area contributed by atoms with Crippen molar-refractivity contribution in [3.63, 3.8) is 0 Å². The average molecular weight is 486 g/mol. The Labute approximate surface area is 179 Å². The van der Waals surface area contributed by atoms with Gasteiger partial charge in [-0.3, -0.25) is 0 Å². The van der Waals surface area contributed by atoms with Crippen LogP contribution >= 0.6 is 31.9 Å². The highest BCUT2D eigenvalue weighted by atomic mass is 79.9. The maximum absolute atomic E-state index is 3.97. The molecule has 1 saturated carbocycles. The molecule has 0 amide bonds. The van der Waals surface area contributed by atoms with E-state index < -0.39 is 0 Å². The molecular formula is C25H26Br2. The second kappa shape index (κ2) is 6.20. The summed E-state index contributed by atoms with van der Waals surface area (Å²) in [5, 5.41) is 0. The molecule has 0 aromatic heterocycles. The summed E-state index contributed by atoms with van der Waals surface area (Å²) in [6.45, 7) is 0. The van der Waals surface area contributed by atoms with E-state index in [1.165, 1.54) is 43.0 Å². The van der Waals surface area contributed by atoms with Gasteiger partial charge in [-0.05, 0) is 79.5 Å². The van der Waals surface area contributed by atoms with Crippen molar-refractivity contribution in [1.29, 1.82) is 0 Å². The lowest BCUT2D eigenvalue weighted by Crippen LogP contribution is -2.45. The van der Waals surface area contributed by atoms with Gasteiger partial charge in [-0.25, -0.2) is 0 Å². The highest BCUT2D eigenvalue weighted by Crippen LogP contribution is 2.71. The molecule has 27 heavy (non-hydrogen) atoms. The summed E-state index contributed by atoms with van der Waals surface area (Å²) in [5.74, 6) is 3.57. The lowest BCUT2D eigenvalue weighted by Gasteiger charge is -2.47. The van der Waals surface area contributed by atoms with E-state index in [1.54, 1.807) is 16.7 Å². The van der Waals surface area contributed by atoms with Crippen molar-refractivity contribution in [3.05, 3.63) is 69.8 Å². The molecule has 0 heterocycles. The van der Waals surface area contributed by atoms with Gasteiger partial charge < -0.3 is 0 Å². The highest BCUT2D eigenvalue weighted by molar-refractivity contribution is 9.10. The Bertz CT molecular complexity index is 878. The Hall–Kier alpha value is -0.600. The first-order valence-corrected chi connectivity index (χ1v) is 12.4. The molecule has 1 fully saturated rings. The van der Waals surface area contributed by atoms with Gasteiger partial charge in [0.05, 0.1) is 0 Å². The Kier molecular flexibility index (Phi) is 3.96. The molecule has 5 aliphatic rings. The van der Waals surface area contributed by atoms with Crippen molar-refractivity contribution < 1.29 is 0 Å². The molecule has 0 bridgehead atoms. The van der Waals surface area contributed by atoms with Crippen LogP contribution in [-0.2, 0) is 5.41 Å². The SMILES string of the molecule is Brc1ccc2c(c1)C1(C3CCCC=C3C3C=CCCC31)C1CC(Br)C=CC21. The van der Waals surface area contributed by atoms with E-state index in [0.717, 1.165) is 17.8 Å². The van der Waals surface area contributed by atoms with Crippen molar-refractivity contribution in [2.45, 2.75) is 54.7 Å². The van der Waals surface area contributed by atoms with Crippen molar-refractivity contribution in [3.8, 4) is 0 Å². The largest absolute Gasteiger partial charge is 0.0879 e. The van der Waals surface area contributed by atoms with E-state index in [1.807, 2.05) is 0 Å². The normalized spacial score (nSPS) is 43.9. The summed E-state index contributed by atoms with van der Waals surface area (Å²) in [7, 11) is 0. The van der Waals surface area contributed by atoms with Crippen LogP contribution < -0.4 is 0 Å². The van der Waals surface area contributed by atoms with Gasteiger partial charge in [0.2, 0.25) is 0 Å². The average Bonchev–Trinajstić information content (AvgIpc) is 3.14. The minimum Gasteiger partial charge on any atom is -0.0879 e. The number of rotatable bonds is 0. The van der Waals surface area contributed by atoms with Gasteiger partial charge in [0, 0.05) is 26.6 Å². The van der Waals surface area contributed by atoms with E-state index in [2.05, 4.69) is 80.4 Å². The number of hydrogen-bond donors (Lipinski definition) is 0. The number of hydrogen-bond acceptors (Lipinski definition) is 0. The zero-order valence-electron chi connectivity index (χ0n) is 15.6. The third kappa shape index (κ3) is 2.21. The predicted molar refractivity (Wildman–Crippen MR) is 119 cm³/mol. The lowest BCUT2D eigenvalue weighted by molar-refractivity contribution is 0.124. The van der Waals surface area contributed by atoms with Gasteiger partial charge in [-0.1, -0.05) is 73.9 Å². The number of benzene rings is 1. The quantitative estimate of drug-likeness (QED) is 0.264. The molecule has 1 aromatic carbocycles. The molecule has 0 aliphatic heterocycles. The first kappa shape index (κ1) is 17.3. The van der Waals surface area contributed by atoms with Crippen LogP contribution in [0.15, 0.2) is 58.6 Å². The molecule has 5 aliphatic carbocycles. The highest BCUT2D eigenvalue weighted by Gasteiger charge is 2.65. The Morgan fingerprint density at radius 1 is 0.963 bits per heavy atom. The number of halogens is 2. The number of fused-ring (bicyclic) bond motifs is 10. The molecule has 0 radical (unpaired) electrons. The third-order valence-corrected chi connectivity index (χ3v) is 9.54. The standard InChI is InChI=1S/C25H26Br2/c26-15-9-11-19-20-12-10-16(27)14-24(20)25(23(19)13-15)21-7-3-1-5-17(21)18-6-2-4-8-22(18)25/h1,5-6,9-13,16-17,20-22,24H,2-4,7-8,14H2. The third-order valence-electron chi connectivity index (χ3n) is 8.37. The van der Waals surface area contributed by atoms with E-state index in [9.17, 15) is 0 Å². The zero-order chi connectivity index (χ0) is 18.2. The summed E-state index contributed by atoms with van der Waals surface area (Å²) in [6, 6.07) is 7.22. The van der Waals surface area contributed by atoms with Gasteiger partial charge in [0.15, 0.2) is 0 Å². The van der Waals surface area contributed by atoms with Crippen LogP contribution in [0, 0.1) is 23.7 Å². The minimum atomic E-state index is 0.336. The Morgan fingerprint density at radius 2 is 1.89 bits per heavy atom. The molecule has 6 rings (SSSR count). The molecule has 7 atom stereocenters. The van der Waals surface area contributed by atoms with Crippen molar-refractivity contribution in [2.24, 2.45) is 23.7 Å². The van der Waals surface area contributed by atoms with Crippen LogP contribution in [0.1, 0.15) is 55.6 Å². The van der Waals surface area contributed by atoms with E-state index >= 15 is 0 Å². The molecule has 7 unspecified atom stereocenters. The van der Waals surface area contributed by atoms with Crippen LogP contribution in [-0.4, -0.2) is 4.83 Å². The van der Waals surface area contributed by atoms with E-state index in [0.29, 0.717) is 22.1 Å². The number of alkyl halides is 1. The molecule has 0 N–H and O–H groups in total. The van der Waals surface area contributed by atoms with Crippen molar-refractivity contribution in [1.82, 2.24) is 0 Å². The van der Waals surface area contributed by atoms with Gasteiger partial charge in [0.25, 0.3) is 0 Å². The summed E-state index contributed by atoms with van der Waals surface area (Å²) in [5.41, 5.74) is 5.45. The molecular weight excluding hydrogens is 460 g/mol. The summed E-state index contributed by atoms with van der Waals surface area (Å²) < 4.78 is 1.26. The fourth-order valence-electron chi connectivity index (χ4n) is 7.72.